The fourth-order valence-electron chi connectivity index (χ4n) is 1.60. The molecule has 0 saturated heterocycles. The molecule has 0 aliphatic carbocycles. The van der Waals surface area contributed by atoms with Crippen molar-refractivity contribution in [3.05, 3.63) is 45.9 Å². The number of nitrogens with zero attached hydrogens (tertiary/aromatic N) is 2. The fraction of sp³-hybridized carbons (Fsp3) is 0.308. The molecule has 2 rings (SSSR count). The monoisotopic (exact) mass is 312 g/mol. The van der Waals surface area contributed by atoms with Gasteiger partial charge in [-0.25, -0.2) is 4.39 Å². The minimum Gasteiger partial charge on any atom is -0.487 e. The topological polar surface area (TPSA) is 27.1 Å². The summed E-state index contributed by atoms with van der Waals surface area (Å²) < 4.78 is 20.9. The summed E-state index contributed by atoms with van der Waals surface area (Å²) in [5.74, 6) is 0.332. The number of aryl methyl sites for hydroxylation is 2. The van der Waals surface area contributed by atoms with Gasteiger partial charge in [0.2, 0.25) is 0 Å². The van der Waals surface area contributed by atoms with Crippen LogP contribution < -0.4 is 4.74 Å². The Kier molecular flexibility index (Phi) is 4.01. The molecule has 0 aliphatic rings. The van der Waals surface area contributed by atoms with Gasteiger partial charge in [0.15, 0.2) is 0 Å². The molecule has 3 nitrogen and oxygen atoms in total. The molecule has 0 bridgehead atoms. The van der Waals surface area contributed by atoms with Crippen molar-refractivity contribution in [2.45, 2.75) is 20.0 Å². The summed E-state index contributed by atoms with van der Waals surface area (Å²) in [5.41, 5.74) is 2.03. The van der Waals surface area contributed by atoms with Gasteiger partial charge >= 0.3 is 0 Å². The third-order valence-corrected chi connectivity index (χ3v) is 3.28. The molecule has 0 unspecified atom stereocenters. The van der Waals surface area contributed by atoms with Crippen LogP contribution in [0.4, 0.5) is 4.39 Å². The van der Waals surface area contributed by atoms with Crippen LogP contribution in [0.1, 0.15) is 18.3 Å². The molecular formula is C13H14BrFN2O. The lowest BCUT2D eigenvalue weighted by molar-refractivity contribution is 0.294. The first-order chi connectivity index (χ1) is 8.60. The Labute approximate surface area is 114 Å². The second-order valence-electron chi connectivity index (χ2n) is 3.97. The normalized spacial score (nSPS) is 10.7. The Bertz CT molecular complexity index is 554. The summed E-state index contributed by atoms with van der Waals surface area (Å²) in [6.07, 6.45) is 0.899. The maximum Gasteiger partial charge on any atom is 0.137 e. The molecule has 1 aromatic heterocycles. The Hall–Kier alpha value is -1.36. The van der Waals surface area contributed by atoms with Crippen molar-refractivity contribution in [2.24, 2.45) is 7.05 Å². The molecule has 2 aromatic rings. The van der Waals surface area contributed by atoms with Crippen LogP contribution in [0.2, 0.25) is 0 Å². The van der Waals surface area contributed by atoms with E-state index in [2.05, 4.69) is 28.0 Å². The van der Waals surface area contributed by atoms with E-state index >= 15 is 0 Å². The van der Waals surface area contributed by atoms with Gasteiger partial charge in [-0.15, -0.1) is 0 Å². The summed E-state index contributed by atoms with van der Waals surface area (Å²) in [4.78, 5) is 0. The van der Waals surface area contributed by atoms with Crippen molar-refractivity contribution in [3.8, 4) is 5.75 Å². The van der Waals surface area contributed by atoms with Gasteiger partial charge in [0, 0.05) is 7.05 Å². The van der Waals surface area contributed by atoms with Gasteiger partial charge in [-0.2, -0.15) is 5.10 Å². The molecule has 5 heteroatoms. The Morgan fingerprint density at radius 3 is 2.78 bits per heavy atom. The molecule has 0 atom stereocenters. The molecule has 96 valence electrons. The highest BCUT2D eigenvalue weighted by atomic mass is 79.9. The molecule has 1 aromatic carbocycles. The summed E-state index contributed by atoms with van der Waals surface area (Å²) in [6.45, 7) is 2.48. The predicted molar refractivity (Wildman–Crippen MR) is 71.0 cm³/mol. The predicted octanol–water partition coefficient (Wildman–Crippen LogP) is 3.46. The van der Waals surface area contributed by atoms with Gasteiger partial charge in [0.05, 0.1) is 15.9 Å². The lowest BCUT2D eigenvalue weighted by Gasteiger charge is -2.06. The first kappa shape index (κ1) is 13.1. The zero-order valence-corrected chi connectivity index (χ0v) is 11.9. The van der Waals surface area contributed by atoms with Gasteiger partial charge in [-0.3, -0.25) is 4.68 Å². The molecule has 0 N–H and O–H groups in total. The number of ether oxygens (including phenoxy) is 1. The van der Waals surface area contributed by atoms with Crippen LogP contribution in [0, 0.1) is 5.82 Å². The number of hydrogen-bond acceptors (Lipinski definition) is 2. The van der Waals surface area contributed by atoms with Crippen LogP contribution in [-0.2, 0) is 20.1 Å². The number of hydrogen-bond donors (Lipinski definition) is 0. The molecule has 0 saturated carbocycles. The third-order valence-electron chi connectivity index (χ3n) is 2.67. The second-order valence-corrected chi connectivity index (χ2v) is 4.82. The number of rotatable bonds is 4. The summed E-state index contributed by atoms with van der Waals surface area (Å²) in [7, 11) is 1.89. The van der Waals surface area contributed by atoms with Gasteiger partial charge in [-0.05, 0) is 46.6 Å². The second kappa shape index (κ2) is 5.52. The number of aromatic nitrogens is 2. The summed E-state index contributed by atoms with van der Waals surface area (Å²) in [6, 6.07) is 6.61. The largest absolute Gasteiger partial charge is 0.487 e. The maximum atomic E-state index is 13.1. The van der Waals surface area contributed by atoms with E-state index in [9.17, 15) is 4.39 Å². The van der Waals surface area contributed by atoms with E-state index in [4.69, 9.17) is 4.74 Å². The van der Waals surface area contributed by atoms with Gasteiger partial charge in [0.1, 0.15) is 18.2 Å². The van der Waals surface area contributed by atoms with Crippen LogP contribution in [-0.4, -0.2) is 9.78 Å². The first-order valence-electron chi connectivity index (χ1n) is 5.69. The molecule has 0 radical (unpaired) electrons. The van der Waals surface area contributed by atoms with Gasteiger partial charge in [0.25, 0.3) is 0 Å². The van der Waals surface area contributed by atoms with Crippen molar-refractivity contribution in [1.82, 2.24) is 9.78 Å². The lowest BCUT2D eigenvalue weighted by atomic mass is 10.3. The average Bonchev–Trinajstić information content (AvgIpc) is 2.72. The lowest BCUT2D eigenvalue weighted by Crippen LogP contribution is -2.03. The molecule has 18 heavy (non-hydrogen) atoms. The molecule has 0 spiro atoms. The average molecular weight is 313 g/mol. The molecule has 1 heterocycles. The summed E-state index contributed by atoms with van der Waals surface area (Å²) >= 11 is 3.13. The van der Waals surface area contributed by atoms with Crippen LogP contribution in [0.15, 0.2) is 28.7 Å². The summed E-state index contributed by atoms with van der Waals surface area (Å²) in [5, 5.41) is 4.34. The maximum absolute atomic E-state index is 13.1. The van der Waals surface area contributed by atoms with Crippen molar-refractivity contribution in [1.29, 1.82) is 0 Å². The zero-order chi connectivity index (χ0) is 13.1. The Balaban J connectivity index is 2.06. The van der Waals surface area contributed by atoms with Gasteiger partial charge < -0.3 is 4.74 Å². The van der Waals surface area contributed by atoms with E-state index in [1.165, 1.54) is 6.07 Å². The fourth-order valence-corrected chi connectivity index (χ4v) is 1.96. The van der Waals surface area contributed by atoms with Crippen LogP contribution >= 0.6 is 15.9 Å². The molecule has 0 amide bonds. The highest BCUT2D eigenvalue weighted by molar-refractivity contribution is 9.10. The first-order valence-corrected chi connectivity index (χ1v) is 6.49. The Morgan fingerprint density at radius 1 is 1.39 bits per heavy atom. The van der Waals surface area contributed by atoms with Crippen LogP contribution in [0.5, 0.6) is 5.75 Å². The highest BCUT2D eigenvalue weighted by Gasteiger charge is 2.06. The molecule has 0 fully saturated rings. The van der Waals surface area contributed by atoms with E-state index in [1.807, 2.05) is 13.1 Å². The van der Waals surface area contributed by atoms with Gasteiger partial charge in [-0.1, -0.05) is 6.92 Å². The van der Waals surface area contributed by atoms with E-state index in [0.29, 0.717) is 16.8 Å². The number of benzene rings is 1. The van der Waals surface area contributed by atoms with Crippen molar-refractivity contribution >= 4 is 15.9 Å². The molecular weight excluding hydrogens is 299 g/mol. The molecule has 0 aliphatic heterocycles. The van der Waals surface area contributed by atoms with Crippen molar-refractivity contribution in [3.63, 3.8) is 0 Å². The van der Waals surface area contributed by atoms with E-state index in [1.54, 1.807) is 16.8 Å². The Morgan fingerprint density at radius 2 is 2.17 bits per heavy atom. The zero-order valence-electron chi connectivity index (χ0n) is 10.3. The van der Waals surface area contributed by atoms with E-state index in [-0.39, 0.29) is 5.82 Å². The SMILES string of the molecule is CCc1cc(COc2ccc(F)c(Br)c2)n(C)n1. The minimum absolute atomic E-state index is 0.295. The van der Waals surface area contributed by atoms with E-state index < -0.39 is 0 Å². The van der Waals surface area contributed by atoms with Crippen molar-refractivity contribution in [2.75, 3.05) is 0 Å². The van der Waals surface area contributed by atoms with Crippen molar-refractivity contribution < 1.29 is 9.13 Å². The number of halogens is 2. The quantitative estimate of drug-likeness (QED) is 0.864. The van der Waals surface area contributed by atoms with Crippen LogP contribution in [0.25, 0.3) is 0 Å². The van der Waals surface area contributed by atoms with E-state index in [0.717, 1.165) is 17.8 Å². The standard InChI is InChI=1S/C13H14BrFN2O/c1-3-9-6-10(17(2)16-9)8-18-11-4-5-13(15)12(14)7-11/h4-7H,3,8H2,1-2H3. The minimum atomic E-state index is -0.295. The highest BCUT2D eigenvalue weighted by Crippen LogP contribution is 2.22. The smallest absolute Gasteiger partial charge is 0.137 e. The van der Waals surface area contributed by atoms with Crippen LogP contribution in [0.3, 0.4) is 0 Å². The third kappa shape index (κ3) is 2.90.